The highest BCUT2D eigenvalue weighted by Gasteiger charge is 2.27. The monoisotopic (exact) mass is 435 g/mol. The lowest BCUT2D eigenvalue weighted by molar-refractivity contribution is -0.123. The number of nitrogens with one attached hydrogen (secondary N) is 1. The normalized spacial score (nSPS) is 15.2. The summed E-state index contributed by atoms with van der Waals surface area (Å²) in [6, 6.07) is 10.9. The number of nitrogens with zero attached hydrogens (tertiary/aromatic N) is 1. The number of hydrogen-bond acceptors (Lipinski definition) is 4. The van der Waals surface area contributed by atoms with Crippen molar-refractivity contribution in [3.8, 4) is 0 Å². The number of benzene rings is 2. The van der Waals surface area contributed by atoms with Gasteiger partial charge in [0.1, 0.15) is 0 Å². The zero-order valence-corrected chi connectivity index (χ0v) is 17.5. The number of nitrogens with two attached hydrogens (primary N) is 1. The van der Waals surface area contributed by atoms with E-state index in [4.69, 9.17) is 17.3 Å². The number of amides is 2. The first-order valence-electron chi connectivity index (χ1n) is 9.15. The maximum Gasteiger partial charge on any atom is 0.261 e. The van der Waals surface area contributed by atoms with E-state index in [1.165, 1.54) is 30.3 Å². The molecule has 0 unspecified atom stereocenters. The van der Waals surface area contributed by atoms with Crippen molar-refractivity contribution >= 4 is 39.1 Å². The average Bonchev–Trinajstić information content (AvgIpc) is 2.67. The molecule has 1 aliphatic rings. The second kappa shape index (κ2) is 8.42. The third kappa shape index (κ3) is 4.89. The lowest BCUT2D eigenvalue weighted by Crippen LogP contribution is -2.41. The topological polar surface area (TPSA) is 110 Å². The van der Waals surface area contributed by atoms with Crippen LogP contribution in [0.3, 0.4) is 0 Å². The summed E-state index contributed by atoms with van der Waals surface area (Å²) in [5, 5.41) is 0.149. The van der Waals surface area contributed by atoms with Gasteiger partial charge in [0.25, 0.3) is 15.9 Å². The van der Waals surface area contributed by atoms with Gasteiger partial charge in [-0.15, -0.1) is 0 Å². The predicted molar refractivity (Wildman–Crippen MR) is 111 cm³/mol. The molecule has 0 saturated carbocycles. The molecule has 1 heterocycles. The fourth-order valence-electron chi connectivity index (χ4n) is 3.22. The molecule has 29 heavy (non-hydrogen) atoms. The van der Waals surface area contributed by atoms with E-state index >= 15 is 0 Å². The molecule has 1 saturated heterocycles. The van der Waals surface area contributed by atoms with E-state index in [9.17, 15) is 18.0 Å². The van der Waals surface area contributed by atoms with Crippen molar-refractivity contribution in [3.63, 3.8) is 0 Å². The molecule has 1 aliphatic heterocycles. The van der Waals surface area contributed by atoms with Crippen molar-refractivity contribution < 1.29 is 18.0 Å². The number of likely N-dealkylation sites (tertiary alicyclic amines) is 1. The summed E-state index contributed by atoms with van der Waals surface area (Å²) in [5.41, 5.74) is 6.82. The summed E-state index contributed by atoms with van der Waals surface area (Å²) >= 11 is 6.26. The van der Waals surface area contributed by atoms with Crippen molar-refractivity contribution in [1.82, 2.24) is 4.90 Å². The SMILES string of the molecule is Cc1ccc(S(=O)(=O)Nc2ccc(C(=O)N3CCC(C(N)=O)CC3)c(Cl)c2)cc1. The van der Waals surface area contributed by atoms with E-state index in [-0.39, 0.29) is 38.9 Å². The smallest absolute Gasteiger partial charge is 0.261 e. The number of piperidine rings is 1. The van der Waals surface area contributed by atoms with Crippen LogP contribution in [0.1, 0.15) is 28.8 Å². The molecular formula is C20H22ClN3O4S. The molecule has 0 aromatic heterocycles. The average molecular weight is 436 g/mol. The van der Waals surface area contributed by atoms with Gasteiger partial charge in [-0.1, -0.05) is 29.3 Å². The number of primary amides is 1. The Kier molecular flexibility index (Phi) is 6.14. The Balaban J connectivity index is 1.72. The second-order valence-electron chi connectivity index (χ2n) is 7.08. The van der Waals surface area contributed by atoms with Crippen LogP contribution in [0.25, 0.3) is 0 Å². The van der Waals surface area contributed by atoms with Crippen LogP contribution in [0.4, 0.5) is 5.69 Å². The van der Waals surface area contributed by atoms with Gasteiger partial charge in [0, 0.05) is 19.0 Å². The number of aryl methyl sites for hydroxylation is 1. The Morgan fingerprint density at radius 2 is 1.72 bits per heavy atom. The van der Waals surface area contributed by atoms with Gasteiger partial charge in [-0.3, -0.25) is 14.3 Å². The number of carbonyl (C=O) groups is 2. The molecule has 0 atom stereocenters. The van der Waals surface area contributed by atoms with E-state index in [0.29, 0.717) is 25.9 Å². The van der Waals surface area contributed by atoms with Crippen molar-refractivity contribution in [1.29, 1.82) is 0 Å². The van der Waals surface area contributed by atoms with Crippen LogP contribution in [0.15, 0.2) is 47.4 Å². The van der Waals surface area contributed by atoms with E-state index < -0.39 is 10.0 Å². The number of rotatable bonds is 5. The molecule has 1 fully saturated rings. The Morgan fingerprint density at radius 1 is 1.10 bits per heavy atom. The Hall–Kier alpha value is -2.58. The first kappa shape index (κ1) is 21.1. The van der Waals surface area contributed by atoms with Crippen LogP contribution in [0.2, 0.25) is 5.02 Å². The summed E-state index contributed by atoms with van der Waals surface area (Å²) in [4.78, 5) is 25.8. The molecule has 0 radical (unpaired) electrons. The summed E-state index contributed by atoms with van der Waals surface area (Å²) in [7, 11) is -3.76. The minimum absolute atomic E-state index is 0.136. The van der Waals surface area contributed by atoms with Crippen LogP contribution < -0.4 is 10.5 Å². The van der Waals surface area contributed by atoms with Gasteiger partial charge in [0.05, 0.1) is 21.2 Å². The Morgan fingerprint density at radius 3 is 2.28 bits per heavy atom. The van der Waals surface area contributed by atoms with Gasteiger partial charge in [-0.05, 0) is 50.1 Å². The van der Waals surface area contributed by atoms with Crippen molar-refractivity contribution in [2.75, 3.05) is 17.8 Å². The Labute approximate surface area is 174 Å². The second-order valence-corrected chi connectivity index (χ2v) is 9.17. The molecular weight excluding hydrogens is 414 g/mol. The van der Waals surface area contributed by atoms with Gasteiger partial charge >= 0.3 is 0 Å². The lowest BCUT2D eigenvalue weighted by atomic mass is 9.96. The van der Waals surface area contributed by atoms with Gasteiger partial charge in [-0.25, -0.2) is 8.42 Å². The molecule has 0 spiro atoms. The zero-order valence-electron chi connectivity index (χ0n) is 15.9. The minimum Gasteiger partial charge on any atom is -0.369 e. The third-order valence-electron chi connectivity index (χ3n) is 4.97. The zero-order chi connectivity index (χ0) is 21.2. The van der Waals surface area contributed by atoms with E-state index in [0.717, 1.165) is 5.56 Å². The summed E-state index contributed by atoms with van der Waals surface area (Å²) in [6.07, 6.45) is 1.04. The van der Waals surface area contributed by atoms with Crippen LogP contribution in [-0.4, -0.2) is 38.2 Å². The van der Waals surface area contributed by atoms with Crippen LogP contribution in [0.5, 0.6) is 0 Å². The Bertz CT molecular complexity index is 1030. The highest BCUT2D eigenvalue weighted by molar-refractivity contribution is 7.92. The standard InChI is InChI=1S/C20H22ClN3O4S/c1-13-2-5-16(6-3-13)29(27,28)23-15-4-7-17(18(21)12-15)20(26)24-10-8-14(9-11-24)19(22)25/h2-7,12,14,23H,8-11H2,1H3,(H2,22,25). The van der Waals surface area contributed by atoms with Crippen LogP contribution in [0, 0.1) is 12.8 Å². The minimum atomic E-state index is -3.76. The van der Waals surface area contributed by atoms with Gasteiger partial charge in [-0.2, -0.15) is 0 Å². The fraction of sp³-hybridized carbons (Fsp3) is 0.300. The number of anilines is 1. The molecule has 0 bridgehead atoms. The molecule has 2 amide bonds. The number of hydrogen-bond donors (Lipinski definition) is 2. The summed E-state index contributed by atoms with van der Waals surface area (Å²) < 4.78 is 27.5. The molecule has 7 nitrogen and oxygen atoms in total. The molecule has 9 heteroatoms. The van der Waals surface area contributed by atoms with Gasteiger partial charge < -0.3 is 10.6 Å². The van der Waals surface area contributed by atoms with E-state index in [1.54, 1.807) is 17.0 Å². The summed E-state index contributed by atoms with van der Waals surface area (Å²) in [6.45, 7) is 2.71. The molecule has 0 aliphatic carbocycles. The van der Waals surface area contributed by atoms with Crippen LogP contribution >= 0.6 is 11.6 Å². The van der Waals surface area contributed by atoms with E-state index in [1.807, 2.05) is 6.92 Å². The van der Waals surface area contributed by atoms with Crippen molar-refractivity contribution in [3.05, 3.63) is 58.6 Å². The molecule has 3 N–H and O–H groups in total. The molecule has 2 aromatic carbocycles. The number of halogens is 1. The maximum absolute atomic E-state index is 12.7. The largest absolute Gasteiger partial charge is 0.369 e. The third-order valence-corrected chi connectivity index (χ3v) is 6.68. The predicted octanol–water partition coefficient (Wildman–Crippen LogP) is 2.79. The van der Waals surface area contributed by atoms with Crippen LogP contribution in [-0.2, 0) is 14.8 Å². The van der Waals surface area contributed by atoms with Crippen molar-refractivity contribution in [2.45, 2.75) is 24.7 Å². The van der Waals surface area contributed by atoms with Crippen molar-refractivity contribution in [2.24, 2.45) is 11.7 Å². The van der Waals surface area contributed by atoms with Gasteiger partial charge in [0.2, 0.25) is 5.91 Å². The quantitative estimate of drug-likeness (QED) is 0.752. The molecule has 3 rings (SSSR count). The molecule has 154 valence electrons. The number of sulfonamides is 1. The first-order valence-corrected chi connectivity index (χ1v) is 11.0. The fourth-order valence-corrected chi connectivity index (χ4v) is 4.53. The van der Waals surface area contributed by atoms with E-state index in [2.05, 4.69) is 4.72 Å². The maximum atomic E-state index is 12.7. The summed E-state index contributed by atoms with van der Waals surface area (Å²) in [5.74, 6) is -0.820. The highest BCUT2D eigenvalue weighted by Crippen LogP contribution is 2.26. The number of carbonyl (C=O) groups excluding carboxylic acids is 2. The highest BCUT2D eigenvalue weighted by atomic mass is 35.5. The first-order chi connectivity index (χ1) is 13.7. The molecule has 2 aromatic rings. The van der Waals surface area contributed by atoms with Gasteiger partial charge in [0.15, 0.2) is 0 Å². The lowest BCUT2D eigenvalue weighted by Gasteiger charge is -2.30.